The van der Waals surface area contributed by atoms with Crippen molar-refractivity contribution in [2.24, 2.45) is 0 Å². The molecule has 0 radical (unpaired) electrons. The summed E-state index contributed by atoms with van der Waals surface area (Å²) in [5, 5.41) is 8.80. The topological polar surface area (TPSA) is 97.9 Å². The first kappa shape index (κ1) is 23.8. The van der Waals surface area contributed by atoms with Crippen LogP contribution in [0.25, 0.3) is 0 Å². The van der Waals surface area contributed by atoms with Gasteiger partial charge in [0.2, 0.25) is 11.8 Å². The molecule has 0 aromatic heterocycles. The average molecular weight is 361 g/mol. The third-order valence-corrected chi connectivity index (χ3v) is 3.18. The quantitative estimate of drug-likeness (QED) is 0.299. The molecule has 0 bridgehead atoms. The van der Waals surface area contributed by atoms with Gasteiger partial charge in [0.25, 0.3) is 0 Å². The molecule has 0 heterocycles. The number of hydrogen-bond acceptors (Lipinski definition) is 6. The monoisotopic (exact) mass is 361 g/mol. The van der Waals surface area contributed by atoms with Crippen molar-refractivity contribution in [3.8, 4) is 0 Å². The standard InChI is InChI=1S/C17H35N3O5/c1-3-17(22)20-7-4-6-18-9-11-24-13-15-25-14-12-23-10-5-8-19-16(2)21/h18H,3-15H2,1-2H3,(H,19,21)(H,20,22). The lowest BCUT2D eigenvalue weighted by Crippen LogP contribution is -2.28. The second-order valence-electron chi connectivity index (χ2n) is 5.48. The molecule has 0 atom stereocenters. The normalized spacial score (nSPS) is 10.6. The summed E-state index contributed by atoms with van der Waals surface area (Å²) < 4.78 is 16.2. The van der Waals surface area contributed by atoms with E-state index in [4.69, 9.17) is 14.2 Å². The predicted molar refractivity (Wildman–Crippen MR) is 96.5 cm³/mol. The van der Waals surface area contributed by atoms with Crippen molar-refractivity contribution < 1.29 is 23.8 Å². The first-order chi connectivity index (χ1) is 12.2. The molecule has 0 aromatic rings. The van der Waals surface area contributed by atoms with Gasteiger partial charge in [0.15, 0.2) is 0 Å². The van der Waals surface area contributed by atoms with Gasteiger partial charge in [-0.05, 0) is 19.4 Å². The van der Waals surface area contributed by atoms with Crippen LogP contribution in [0.15, 0.2) is 0 Å². The lowest BCUT2D eigenvalue weighted by molar-refractivity contribution is -0.121. The molecular formula is C17H35N3O5. The van der Waals surface area contributed by atoms with Crippen LogP contribution in [0.4, 0.5) is 0 Å². The third kappa shape index (κ3) is 20.7. The molecule has 8 nitrogen and oxygen atoms in total. The highest BCUT2D eigenvalue weighted by molar-refractivity contribution is 5.75. The van der Waals surface area contributed by atoms with E-state index in [0.717, 1.165) is 25.9 Å². The van der Waals surface area contributed by atoms with Crippen LogP contribution >= 0.6 is 0 Å². The first-order valence-electron chi connectivity index (χ1n) is 9.12. The fourth-order valence-corrected chi connectivity index (χ4v) is 1.82. The molecule has 0 aliphatic rings. The zero-order valence-corrected chi connectivity index (χ0v) is 15.7. The van der Waals surface area contributed by atoms with E-state index in [0.29, 0.717) is 59.2 Å². The highest BCUT2D eigenvalue weighted by Crippen LogP contribution is 1.84. The molecule has 0 fully saturated rings. The summed E-state index contributed by atoms with van der Waals surface area (Å²) in [4.78, 5) is 21.6. The van der Waals surface area contributed by atoms with Crippen molar-refractivity contribution in [2.45, 2.75) is 33.1 Å². The van der Waals surface area contributed by atoms with E-state index in [1.54, 1.807) is 0 Å². The molecule has 0 aromatic carbocycles. The number of amides is 2. The lowest BCUT2D eigenvalue weighted by Gasteiger charge is -2.08. The molecule has 2 amide bonds. The predicted octanol–water partition coefficient (Wildman–Crippen LogP) is 0.0683. The number of carbonyl (C=O) groups is 2. The molecule has 0 unspecified atom stereocenters. The van der Waals surface area contributed by atoms with Gasteiger partial charge in [0.1, 0.15) is 0 Å². The molecule has 0 rings (SSSR count). The van der Waals surface area contributed by atoms with E-state index < -0.39 is 0 Å². The molecule has 8 heteroatoms. The van der Waals surface area contributed by atoms with Gasteiger partial charge in [-0.3, -0.25) is 9.59 Å². The Labute approximate surface area is 151 Å². The van der Waals surface area contributed by atoms with Crippen molar-refractivity contribution in [3.05, 3.63) is 0 Å². The SMILES string of the molecule is CCC(=O)NCCCNCCOCCOCCOCCCNC(C)=O. The molecule has 0 spiro atoms. The van der Waals surface area contributed by atoms with Crippen molar-refractivity contribution >= 4 is 11.8 Å². The van der Waals surface area contributed by atoms with Gasteiger partial charge in [-0.2, -0.15) is 0 Å². The zero-order valence-electron chi connectivity index (χ0n) is 15.7. The van der Waals surface area contributed by atoms with Gasteiger partial charge in [0, 0.05) is 39.6 Å². The van der Waals surface area contributed by atoms with Gasteiger partial charge in [-0.25, -0.2) is 0 Å². The van der Waals surface area contributed by atoms with Crippen LogP contribution < -0.4 is 16.0 Å². The van der Waals surface area contributed by atoms with E-state index in [1.807, 2.05) is 6.92 Å². The Balaban J connectivity index is 3.03. The summed E-state index contributed by atoms with van der Waals surface area (Å²) in [5.41, 5.74) is 0. The molecule has 0 saturated heterocycles. The van der Waals surface area contributed by atoms with E-state index in [2.05, 4.69) is 16.0 Å². The molecule has 0 saturated carbocycles. The number of nitrogens with one attached hydrogen (secondary N) is 3. The molecule has 148 valence electrons. The maximum atomic E-state index is 11.0. The summed E-state index contributed by atoms with van der Waals surface area (Å²) >= 11 is 0. The Hall–Kier alpha value is -1.22. The van der Waals surface area contributed by atoms with Gasteiger partial charge in [-0.1, -0.05) is 6.92 Å². The summed E-state index contributed by atoms with van der Waals surface area (Å²) in [6.07, 6.45) is 2.26. The van der Waals surface area contributed by atoms with Crippen LogP contribution in [-0.2, 0) is 23.8 Å². The minimum absolute atomic E-state index is 0.0148. The third-order valence-electron chi connectivity index (χ3n) is 3.18. The molecule has 0 aliphatic carbocycles. The van der Waals surface area contributed by atoms with Crippen molar-refractivity contribution in [1.82, 2.24) is 16.0 Å². The minimum Gasteiger partial charge on any atom is -0.379 e. The molecule has 25 heavy (non-hydrogen) atoms. The number of rotatable bonds is 18. The van der Waals surface area contributed by atoms with Crippen LogP contribution in [0, 0.1) is 0 Å². The zero-order chi connectivity index (χ0) is 18.6. The van der Waals surface area contributed by atoms with Gasteiger partial charge >= 0.3 is 0 Å². The maximum Gasteiger partial charge on any atom is 0.219 e. The Kier molecular flexibility index (Phi) is 18.2. The van der Waals surface area contributed by atoms with E-state index in [1.165, 1.54) is 6.92 Å². The molecule has 3 N–H and O–H groups in total. The van der Waals surface area contributed by atoms with Crippen molar-refractivity contribution in [2.75, 3.05) is 65.8 Å². The second kappa shape index (κ2) is 19.1. The maximum absolute atomic E-state index is 11.0. The van der Waals surface area contributed by atoms with Crippen LogP contribution in [0.2, 0.25) is 0 Å². The van der Waals surface area contributed by atoms with Crippen LogP contribution in [0.1, 0.15) is 33.1 Å². The largest absolute Gasteiger partial charge is 0.379 e. The molecular weight excluding hydrogens is 326 g/mol. The summed E-state index contributed by atoms with van der Waals surface area (Å²) in [5.74, 6) is 0.0812. The van der Waals surface area contributed by atoms with Gasteiger partial charge < -0.3 is 30.2 Å². The first-order valence-corrected chi connectivity index (χ1v) is 9.12. The number of ether oxygens (including phenoxy) is 3. The summed E-state index contributed by atoms with van der Waals surface area (Å²) in [7, 11) is 0. The van der Waals surface area contributed by atoms with Gasteiger partial charge in [-0.15, -0.1) is 0 Å². The van der Waals surface area contributed by atoms with Crippen LogP contribution in [0.5, 0.6) is 0 Å². The van der Waals surface area contributed by atoms with E-state index in [-0.39, 0.29) is 11.8 Å². The number of hydrogen-bond donors (Lipinski definition) is 3. The summed E-state index contributed by atoms with van der Waals surface area (Å²) in [6.45, 7) is 9.84. The lowest BCUT2D eigenvalue weighted by atomic mass is 10.4. The summed E-state index contributed by atoms with van der Waals surface area (Å²) in [6, 6.07) is 0. The van der Waals surface area contributed by atoms with Crippen molar-refractivity contribution in [3.63, 3.8) is 0 Å². The minimum atomic E-state index is -0.0148. The fraction of sp³-hybridized carbons (Fsp3) is 0.882. The highest BCUT2D eigenvalue weighted by Gasteiger charge is 1.95. The second-order valence-corrected chi connectivity index (χ2v) is 5.48. The van der Waals surface area contributed by atoms with Crippen LogP contribution in [0.3, 0.4) is 0 Å². The van der Waals surface area contributed by atoms with Crippen molar-refractivity contribution in [1.29, 1.82) is 0 Å². The Morgan fingerprint density at radius 1 is 0.720 bits per heavy atom. The van der Waals surface area contributed by atoms with Gasteiger partial charge in [0.05, 0.1) is 33.0 Å². The average Bonchev–Trinajstić information content (AvgIpc) is 2.60. The Bertz CT molecular complexity index is 329. The van der Waals surface area contributed by atoms with E-state index >= 15 is 0 Å². The van der Waals surface area contributed by atoms with E-state index in [9.17, 15) is 9.59 Å². The Morgan fingerprint density at radius 3 is 1.96 bits per heavy atom. The highest BCUT2D eigenvalue weighted by atomic mass is 16.5. The fourth-order valence-electron chi connectivity index (χ4n) is 1.82. The smallest absolute Gasteiger partial charge is 0.219 e. The molecule has 0 aliphatic heterocycles. The Morgan fingerprint density at radius 2 is 1.32 bits per heavy atom. The number of carbonyl (C=O) groups excluding carboxylic acids is 2. The van der Waals surface area contributed by atoms with Crippen LogP contribution in [-0.4, -0.2) is 77.6 Å².